The molecule has 0 radical (unpaired) electrons. The molecule has 0 spiro atoms. The van der Waals surface area contributed by atoms with Crippen LogP contribution in [0.15, 0.2) is 18.3 Å². The number of rotatable bonds is 2. The van der Waals surface area contributed by atoms with Crippen LogP contribution in [-0.2, 0) is 11.2 Å². The number of nitrogens with one attached hydrogen (secondary N) is 1. The largest absolute Gasteiger partial charge is 0.508 e. The molecule has 2 rings (SSSR count). The quantitative estimate of drug-likeness (QED) is 0.700. The molecule has 15 heavy (non-hydrogen) atoms. The molecule has 0 fully saturated rings. The Bertz CT molecular complexity index is 528. The maximum absolute atomic E-state index is 10.6. The van der Waals surface area contributed by atoms with E-state index in [0.717, 1.165) is 16.5 Å². The van der Waals surface area contributed by atoms with E-state index in [2.05, 4.69) is 4.98 Å². The lowest BCUT2D eigenvalue weighted by molar-refractivity contribution is -0.136. The van der Waals surface area contributed by atoms with E-state index in [1.165, 1.54) is 0 Å². The van der Waals surface area contributed by atoms with Gasteiger partial charge in [-0.15, -0.1) is 0 Å². The van der Waals surface area contributed by atoms with Gasteiger partial charge in [0, 0.05) is 17.1 Å². The number of aliphatic carboxylic acids is 1. The number of aromatic amines is 1. The van der Waals surface area contributed by atoms with Crippen LogP contribution in [0, 0.1) is 6.92 Å². The van der Waals surface area contributed by atoms with E-state index in [9.17, 15) is 9.90 Å². The maximum Gasteiger partial charge on any atom is 0.307 e. The molecule has 1 heterocycles. The molecule has 0 aliphatic carbocycles. The van der Waals surface area contributed by atoms with Gasteiger partial charge in [0.05, 0.1) is 6.42 Å². The summed E-state index contributed by atoms with van der Waals surface area (Å²) >= 11 is 0. The van der Waals surface area contributed by atoms with Crippen molar-refractivity contribution in [2.45, 2.75) is 13.3 Å². The van der Waals surface area contributed by atoms with E-state index in [1.54, 1.807) is 18.3 Å². The topological polar surface area (TPSA) is 73.3 Å². The summed E-state index contributed by atoms with van der Waals surface area (Å²) in [6.45, 7) is 1.86. The lowest BCUT2D eigenvalue weighted by Gasteiger charge is -1.99. The first-order chi connectivity index (χ1) is 7.08. The fraction of sp³-hybridized carbons (Fsp3) is 0.182. The lowest BCUT2D eigenvalue weighted by atomic mass is 10.1. The highest BCUT2D eigenvalue weighted by Gasteiger charge is 2.09. The van der Waals surface area contributed by atoms with Gasteiger partial charge in [-0.05, 0) is 30.2 Å². The first kappa shape index (κ1) is 9.58. The van der Waals surface area contributed by atoms with Crippen LogP contribution < -0.4 is 0 Å². The van der Waals surface area contributed by atoms with Crippen LogP contribution in [0.4, 0.5) is 0 Å². The van der Waals surface area contributed by atoms with Gasteiger partial charge in [-0.1, -0.05) is 0 Å². The Balaban J connectivity index is 2.63. The van der Waals surface area contributed by atoms with Gasteiger partial charge in [0.15, 0.2) is 0 Å². The van der Waals surface area contributed by atoms with Crippen molar-refractivity contribution in [3.05, 3.63) is 29.5 Å². The number of phenols is 1. The monoisotopic (exact) mass is 205 g/mol. The summed E-state index contributed by atoms with van der Waals surface area (Å²) in [5.74, 6) is -0.719. The molecule has 78 valence electrons. The van der Waals surface area contributed by atoms with Crippen molar-refractivity contribution in [3.8, 4) is 5.75 Å². The molecular weight excluding hydrogens is 194 g/mol. The van der Waals surface area contributed by atoms with E-state index >= 15 is 0 Å². The van der Waals surface area contributed by atoms with Crippen molar-refractivity contribution >= 4 is 16.9 Å². The fourth-order valence-corrected chi connectivity index (χ4v) is 1.76. The van der Waals surface area contributed by atoms with E-state index in [0.29, 0.717) is 5.56 Å². The molecular formula is C11H11NO3. The fourth-order valence-electron chi connectivity index (χ4n) is 1.76. The number of phenolic OH excluding ortho intramolecular Hbond substituents is 1. The summed E-state index contributed by atoms with van der Waals surface area (Å²) in [5.41, 5.74) is 2.47. The molecule has 0 saturated heterocycles. The van der Waals surface area contributed by atoms with E-state index < -0.39 is 5.97 Å². The Morgan fingerprint density at radius 1 is 1.47 bits per heavy atom. The molecule has 0 aliphatic heterocycles. The summed E-state index contributed by atoms with van der Waals surface area (Å²) in [6.07, 6.45) is 1.63. The molecule has 4 heteroatoms. The summed E-state index contributed by atoms with van der Waals surface area (Å²) in [7, 11) is 0. The number of H-pyrrole nitrogens is 1. The Morgan fingerprint density at radius 2 is 2.20 bits per heavy atom. The van der Waals surface area contributed by atoms with Gasteiger partial charge >= 0.3 is 5.97 Å². The van der Waals surface area contributed by atoms with Gasteiger partial charge < -0.3 is 15.2 Å². The van der Waals surface area contributed by atoms with Crippen LogP contribution in [0.5, 0.6) is 5.75 Å². The number of fused-ring (bicyclic) bond motifs is 1. The highest BCUT2D eigenvalue weighted by atomic mass is 16.4. The lowest BCUT2D eigenvalue weighted by Crippen LogP contribution is -1.98. The van der Waals surface area contributed by atoms with Crippen LogP contribution >= 0.6 is 0 Å². The van der Waals surface area contributed by atoms with Crippen LogP contribution in [0.2, 0.25) is 0 Å². The zero-order chi connectivity index (χ0) is 11.0. The number of hydrogen-bond donors (Lipinski definition) is 3. The Hall–Kier alpha value is -1.97. The molecule has 0 atom stereocenters. The molecule has 0 aliphatic rings. The second-order valence-corrected chi connectivity index (χ2v) is 3.57. The minimum absolute atomic E-state index is 0.0388. The highest BCUT2D eigenvalue weighted by molar-refractivity contribution is 5.90. The van der Waals surface area contributed by atoms with Gasteiger partial charge in [0.25, 0.3) is 0 Å². The summed E-state index contributed by atoms with van der Waals surface area (Å²) in [4.78, 5) is 13.6. The first-order valence-corrected chi connectivity index (χ1v) is 4.59. The zero-order valence-corrected chi connectivity index (χ0v) is 8.24. The van der Waals surface area contributed by atoms with Gasteiger partial charge in [-0.2, -0.15) is 0 Å². The molecule has 3 N–H and O–H groups in total. The smallest absolute Gasteiger partial charge is 0.307 e. The molecule has 0 saturated carbocycles. The van der Waals surface area contributed by atoms with Gasteiger partial charge in [0.2, 0.25) is 0 Å². The third kappa shape index (κ3) is 1.66. The minimum atomic E-state index is -0.878. The Kier molecular flexibility index (Phi) is 2.11. The number of carboxylic acids is 1. The SMILES string of the molecule is Cc1cc(O)cc2c(CC(=O)O)c[nH]c12. The maximum atomic E-state index is 10.6. The van der Waals surface area contributed by atoms with Crippen molar-refractivity contribution in [2.24, 2.45) is 0 Å². The highest BCUT2D eigenvalue weighted by Crippen LogP contribution is 2.26. The van der Waals surface area contributed by atoms with E-state index in [4.69, 9.17) is 5.11 Å². The number of hydrogen-bond acceptors (Lipinski definition) is 2. The minimum Gasteiger partial charge on any atom is -0.508 e. The second-order valence-electron chi connectivity index (χ2n) is 3.57. The summed E-state index contributed by atoms with van der Waals surface area (Å²) in [5, 5.41) is 18.9. The number of aromatic hydroxyl groups is 1. The molecule has 0 amide bonds. The van der Waals surface area contributed by atoms with Crippen molar-refractivity contribution in [2.75, 3.05) is 0 Å². The van der Waals surface area contributed by atoms with Gasteiger partial charge in [0.1, 0.15) is 5.75 Å². The zero-order valence-electron chi connectivity index (χ0n) is 8.24. The van der Waals surface area contributed by atoms with Crippen LogP contribution in [0.3, 0.4) is 0 Å². The number of aryl methyl sites for hydroxylation is 1. The Labute approximate surface area is 86.2 Å². The van der Waals surface area contributed by atoms with Crippen molar-refractivity contribution < 1.29 is 15.0 Å². The number of carboxylic acid groups (broad SMARTS) is 1. The average Bonchev–Trinajstić information content (AvgIpc) is 2.48. The van der Waals surface area contributed by atoms with Crippen molar-refractivity contribution in [3.63, 3.8) is 0 Å². The number of aromatic nitrogens is 1. The van der Waals surface area contributed by atoms with Crippen LogP contribution in [0.1, 0.15) is 11.1 Å². The second kappa shape index (κ2) is 3.31. The average molecular weight is 205 g/mol. The molecule has 1 aromatic carbocycles. The molecule has 2 aromatic rings. The van der Waals surface area contributed by atoms with Gasteiger partial charge in [-0.3, -0.25) is 4.79 Å². The third-order valence-corrected chi connectivity index (χ3v) is 2.40. The molecule has 4 nitrogen and oxygen atoms in total. The summed E-state index contributed by atoms with van der Waals surface area (Å²) in [6, 6.07) is 3.22. The van der Waals surface area contributed by atoms with Crippen LogP contribution in [0.25, 0.3) is 10.9 Å². The van der Waals surface area contributed by atoms with E-state index in [-0.39, 0.29) is 12.2 Å². The predicted molar refractivity (Wildman–Crippen MR) is 56.0 cm³/mol. The third-order valence-electron chi connectivity index (χ3n) is 2.40. The Morgan fingerprint density at radius 3 is 2.87 bits per heavy atom. The van der Waals surface area contributed by atoms with Gasteiger partial charge in [-0.25, -0.2) is 0 Å². The molecule has 0 bridgehead atoms. The van der Waals surface area contributed by atoms with Crippen molar-refractivity contribution in [1.82, 2.24) is 4.98 Å². The summed E-state index contributed by atoms with van der Waals surface area (Å²) < 4.78 is 0. The first-order valence-electron chi connectivity index (χ1n) is 4.59. The standard InChI is InChI=1S/C11H11NO3/c1-6-2-8(13)4-9-7(3-10(14)15)5-12-11(6)9/h2,4-5,12-13H,3H2,1H3,(H,14,15). The number of benzene rings is 1. The molecule has 1 aromatic heterocycles. The number of carbonyl (C=O) groups is 1. The van der Waals surface area contributed by atoms with E-state index in [1.807, 2.05) is 6.92 Å². The predicted octanol–water partition coefficient (Wildman–Crippen LogP) is 1.81. The van der Waals surface area contributed by atoms with Crippen molar-refractivity contribution in [1.29, 1.82) is 0 Å². The normalized spacial score (nSPS) is 10.7. The molecule has 0 unspecified atom stereocenters. The van der Waals surface area contributed by atoms with Crippen LogP contribution in [-0.4, -0.2) is 21.2 Å².